The lowest BCUT2D eigenvalue weighted by atomic mass is 10.0. The van der Waals surface area contributed by atoms with Gasteiger partial charge in [-0.05, 0) is 47.9 Å². The van der Waals surface area contributed by atoms with Gasteiger partial charge in [0.2, 0.25) is 5.16 Å². The highest BCUT2D eigenvalue weighted by molar-refractivity contribution is 7.99. The molecule has 0 saturated carbocycles. The van der Waals surface area contributed by atoms with Crippen LogP contribution in [0.1, 0.15) is 32.3 Å². The molecular formula is C17H20N6OS. The number of carbonyl (C=O) groups is 1. The molecule has 1 atom stereocenters. The van der Waals surface area contributed by atoms with E-state index in [1.165, 1.54) is 24.2 Å². The normalized spacial score (nSPS) is 11.7. The van der Waals surface area contributed by atoms with Gasteiger partial charge in [-0.2, -0.15) is 9.94 Å². The van der Waals surface area contributed by atoms with E-state index in [-0.39, 0.29) is 17.2 Å². The van der Waals surface area contributed by atoms with Crippen LogP contribution in [0, 0.1) is 22.7 Å². The van der Waals surface area contributed by atoms with Gasteiger partial charge < -0.3 is 5.41 Å². The van der Waals surface area contributed by atoms with Crippen molar-refractivity contribution in [2.75, 3.05) is 5.75 Å². The standard InChI is InChI=1S/C17H20N6OS/c1-3-4-5-13-6-8-14(9-7-13)23-17(20-21-22-23)25-11-16(24)15(10-18)12(2)19/h6-9,15,19H,3-5,11H2,1-2H3/t15-/m0/s1. The lowest BCUT2D eigenvalue weighted by Crippen LogP contribution is -2.21. The number of unbranched alkanes of at least 4 members (excludes halogenated alkanes) is 1. The number of aryl methyl sites for hydroxylation is 1. The number of nitrogens with zero attached hydrogens (tertiary/aromatic N) is 5. The van der Waals surface area contributed by atoms with Crippen LogP contribution < -0.4 is 0 Å². The molecule has 1 N–H and O–H groups in total. The molecule has 0 saturated heterocycles. The van der Waals surface area contributed by atoms with Crippen molar-refractivity contribution in [3.63, 3.8) is 0 Å². The lowest BCUT2D eigenvalue weighted by Gasteiger charge is -2.07. The van der Waals surface area contributed by atoms with Gasteiger partial charge in [0.05, 0.1) is 17.5 Å². The van der Waals surface area contributed by atoms with Gasteiger partial charge in [-0.3, -0.25) is 4.79 Å². The van der Waals surface area contributed by atoms with Gasteiger partial charge in [0.25, 0.3) is 0 Å². The van der Waals surface area contributed by atoms with Crippen LogP contribution in [0.2, 0.25) is 0 Å². The third-order valence-corrected chi connectivity index (χ3v) is 4.61. The fraction of sp³-hybridized carbons (Fsp3) is 0.412. The average Bonchev–Trinajstić information content (AvgIpc) is 3.07. The SMILES string of the molecule is CCCCc1ccc(-n2nnnc2SCC(=O)[C@@H](C#N)C(C)=N)cc1. The maximum Gasteiger partial charge on any atom is 0.214 e. The van der Waals surface area contributed by atoms with E-state index in [2.05, 4.69) is 34.6 Å². The minimum atomic E-state index is -1.00. The number of nitriles is 1. The zero-order chi connectivity index (χ0) is 18.2. The van der Waals surface area contributed by atoms with Crippen LogP contribution in [0.4, 0.5) is 0 Å². The third-order valence-electron chi connectivity index (χ3n) is 3.67. The first kappa shape index (κ1) is 18.8. The monoisotopic (exact) mass is 356 g/mol. The molecule has 2 aromatic rings. The van der Waals surface area contributed by atoms with Crippen molar-refractivity contribution < 1.29 is 4.79 Å². The summed E-state index contributed by atoms with van der Waals surface area (Å²) in [6.07, 6.45) is 3.35. The smallest absolute Gasteiger partial charge is 0.214 e. The number of nitrogens with one attached hydrogen (secondary N) is 1. The van der Waals surface area contributed by atoms with Gasteiger partial charge in [-0.15, -0.1) is 5.10 Å². The Morgan fingerprint density at radius 3 is 2.72 bits per heavy atom. The van der Waals surface area contributed by atoms with Crippen molar-refractivity contribution in [1.82, 2.24) is 20.2 Å². The van der Waals surface area contributed by atoms with E-state index in [0.717, 1.165) is 24.9 Å². The second kappa shape index (κ2) is 9.08. The van der Waals surface area contributed by atoms with Crippen LogP contribution in [-0.2, 0) is 11.2 Å². The zero-order valence-electron chi connectivity index (χ0n) is 14.3. The number of thioether (sulfide) groups is 1. The molecule has 25 heavy (non-hydrogen) atoms. The van der Waals surface area contributed by atoms with Gasteiger partial charge in [0.1, 0.15) is 5.92 Å². The lowest BCUT2D eigenvalue weighted by molar-refractivity contribution is -0.117. The molecular weight excluding hydrogens is 336 g/mol. The van der Waals surface area contributed by atoms with Gasteiger partial charge in [0.15, 0.2) is 5.78 Å². The molecule has 0 spiro atoms. The van der Waals surface area contributed by atoms with E-state index in [1.807, 2.05) is 18.2 Å². The first-order chi connectivity index (χ1) is 12.1. The highest BCUT2D eigenvalue weighted by Crippen LogP contribution is 2.20. The Morgan fingerprint density at radius 2 is 2.12 bits per heavy atom. The van der Waals surface area contributed by atoms with Gasteiger partial charge >= 0.3 is 0 Å². The van der Waals surface area contributed by atoms with Crippen LogP contribution in [0.3, 0.4) is 0 Å². The van der Waals surface area contributed by atoms with Crippen molar-refractivity contribution >= 4 is 23.3 Å². The van der Waals surface area contributed by atoms with E-state index < -0.39 is 5.92 Å². The summed E-state index contributed by atoms with van der Waals surface area (Å²) in [7, 11) is 0. The Morgan fingerprint density at radius 1 is 1.40 bits per heavy atom. The van der Waals surface area contributed by atoms with Crippen molar-refractivity contribution in [3.05, 3.63) is 29.8 Å². The summed E-state index contributed by atoms with van der Waals surface area (Å²) < 4.78 is 1.57. The Labute approximate surface area is 150 Å². The van der Waals surface area contributed by atoms with Crippen molar-refractivity contribution in [1.29, 1.82) is 10.7 Å². The number of hydrogen-bond donors (Lipinski definition) is 1. The predicted octanol–water partition coefficient (Wildman–Crippen LogP) is 2.85. The molecule has 7 nitrogen and oxygen atoms in total. The molecule has 130 valence electrons. The molecule has 0 aliphatic rings. The maximum absolute atomic E-state index is 12.0. The van der Waals surface area contributed by atoms with E-state index in [4.69, 9.17) is 10.7 Å². The van der Waals surface area contributed by atoms with E-state index in [9.17, 15) is 4.79 Å². The molecule has 0 amide bonds. The Kier molecular flexibility index (Phi) is 6.83. The van der Waals surface area contributed by atoms with Crippen molar-refractivity contribution in [3.8, 4) is 11.8 Å². The largest absolute Gasteiger partial charge is 0.308 e. The number of rotatable bonds is 9. The molecule has 2 rings (SSSR count). The Bertz CT molecular complexity index is 777. The molecule has 1 aromatic heterocycles. The molecule has 0 aliphatic heterocycles. The predicted molar refractivity (Wildman–Crippen MR) is 96.0 cm³/mol. The van der Waals surface area contributed by atoms with E-state index in [0.29, 0.717) is 5.16 Å². The highest BCUT2D eigenvalue weighted by Gasteiger charge is 2.21. The van der Waals surface area contributed by atoms with Crippen molar-refractivity contribution in [2.24, 2.45) is 5.92 Å². The van der Waals surface area contributed by atoms with Crippen LogP contribution in [-0.4, -0.2) is 37.5 Å². The van der Waals surface area contributed by atoms with Crippen LogP contribution in [0.25, 0.3) is 5.69 Å². The molecule has 0 bridgehead atoms. The number of ketones is 1. The second-order valence-corrected chi connectivity index (χ2v) is 6.59. The molecule has 0 unspecified atom stereocenters. The second-order valence-electron chi connectivity index (χ2n) is 5.64. The average molecular weight is 356 g/mol. The summed E-state index contributed by atoms with van der Waals surface area (Å²) >= 11 is 1.17. The van der Waals surface area contributed by atoms with E-state index >= 15 is 0 Å². The zero-order valence-corrected chi connectivity index (χ0v) is 15.1. The molecule has 0 aliphatic carbocycles. The van der Waals surface area contributed by atoms with Crippen LogP contribution in [0.5, 0.6) is 0 Å². The maximum atomic E-state index is 12.0. The van der Waals surface area contributed by atoms with Crippen molar-refractivity contribution in [2.45, 2.75) is 38.3 Å². The number of hydrogen-bond acceptors (Lipinski definition) is 7. The van der Waals surface area contributed by atoms with Gasteiger partial charge in [0, 0.05) is 5.71 Å². The molecule has 8 heteroatoms. The number of carbonyl (C=O) groups excluding carboxylic acids is 1. The quantitative estimate of drug-likeness (QED) is 0.546. The van der Waals surface area contributed by atoms with Crippen LogP contribution in [0.15, 0.2) is 29.4 Å². The number of tetrazole rings is 1. The first-order valence-electron chi connectivity index (χ1n) is 8.04. The van der Waals surface area contributed by atoms with Gasteiger partial charge in [-0.1, -0.05) is 37.2 Å². The Balaban J connectivity index is 2.06. The minimum absolute atomic E-state index is 0.0450. The number of Topliss-reactive ketones (excluding diaryl/α,β-unsaturated/α-hetero) is 1. The summed E-state index contributed by atoms with van der Waals surface area (Å²) in [6.45, 7) is 3.62. The summed E-state index contributed by atoms with van der Waals surface area (Å²) in [5.74, 6) is -1.28. The fourth-order valence-corrected chi connectivity index (χ4v) is 3.04. The highest BCUT2D eigenvalue weighted by atomic mass is 32.2. The van der Waals surface area contributed by atoms with E-state index in [1.54, 1.807) is 4.68 Å². The summed E-state index contributed by atoms with van der Waals surface area (Å²) in [5, 5.41) is 28.5. The van der Waals surface area contributed by atoms with Gasteiger partial charge in [-0.25, -0.2) is 0 Å². The molecule has 0 radical (unpaired) electrons. The Hall–Kier alpha value is -2.53. The summed E-state index contributed by atoms with van der Waals surface area (Å²) in [6, 6.07) is 9.86. The molecule has 1 aromatic carbocycles. The fourth-order valence-electron chi connectivity index (χ4n) is 2.24. The summed E-state index contributed by atoms with van der Waals surface area (Å²) in [5.41, 5.74) is 2.14. The first-order valence-corrected chi connectivity index (χ1v) is 9.03. The summed E-state index contributed by atoms with van der Waals surface area (Å²) in [4.78, 5) is 12.0. The molecule has 1 heterocycles. The topological polar surface area (TPSA) is 108 Å². The number of aromatic nitrogens is 4. The number of benzene rings is 1. The molecule has 0 fully saturated rings. The minimum Gasteiger partial charge on any atom is -0.308 e. The third kappa shape index (κ3) is 4.97. The van der Waals surface area contributed by atoms with Crippen LogP contribution >= 0.6 is 11.8 Å².